The second-order valence-electron chi connectivity index (χ2n) is 4.42. The van der Waals surface area contributed by atoms with Crippen molar-refractivity contribution in [3.63, 3.8) is 0 Å². The molecule has 1 fully saturated rings. The molecule has 0 radical (unpaired) electrons. The first-order valence-electron chi connectivity index (χ1n) is 5.49. The van der Waals surface area contributed by atoms with Gasteiger partial charge < -0.3 is 9.84 Å². The van der Waals surface area contributed by atoms with E-state index in [9.17, 15) is 9.90 Å². The summed E-state index contributed by atoms with van der Waals surface area (Å²) >= 11 is 0. The molecule has 1 N–H and O–H groups in total. The van der Waals surface area contributed by atoms with Gasteiger partial charge in [-0.1, -0.05) is 12.5 Å². The van der Waals surface area contributed by atoms with E-state index in [0.29, 0.717) is 0 Å². The molecule has 3 heteroatoms. The van der Waals surface area contributed by atoms with Gasteiger partial charge in [-0.05, 0) is 43.0 Å². The Hall–Kier alpha value is -1.51. The summed E-state index contributed by atoms with van der Waals surface area (Å²) in [5.74, 6) is 0.0770. The van der Waals surface area contributed by atoms with Crippen molar-refractivity contribution in [1.29, 1.82) is 0 Å². The van der Waals surface area contributed by atoms with Gasteiger partial charge >= 0.3 is 5.97 Å². The summed E-state index contributed by atoms with van der Waals surface area (Å²) < 4.78 is 5.13. The van der Waals surface area contributed by atoms with Crippen molar-refractivity contribution < 1.29 is 14.6 Å². The zero-order valence-electron chi connectivity index (χ0n) is 9.62. The minimum absolute atomic E-state index is 0.643. The highest BCUT2D eigenvalue weighted by Gasteiger charge is 2.46. The normalized spacial score (nSPS) is 17.6. The molecular weight excluding hydrogens is 204 g/mol. The third kappa shape index (κ3) is 1.47. The van der Waals surface area contributed by atoms with E-state index in [0.717, 1.165) is 36.1 Å². The van der Waals surface area contributed by atoms with Gasteiger partial charge in [-0.2, -0.15) is 0 Å². The van der Waals surface area contributed by atoms with Crippen LogP contribution in [0.2, 0.25) is 0 Å². The summed E-state index contributed by atoms with van der Waals surface area (Å²) in [4.78, 5) is 11.4. The Balaban J connectivity index is 2.43. The summed E-state index contributed by atoms with van der Waals surface area (Å²) in [6.07, 6.45) is 2.49. The SMILES string of the molecule is COc1ccc(C2(C(=O)O)CCC2)c(C)c1. The molecule has 16 heavy (non-hydrogen) atoms. The molecule has 0 heterocycles. The lowest BCUT2D eigenvalue weighted by Crippen LogP contribution is -2.42. The molecule has 1 aromatic carbocycles. The molecule has 0 aromatic heterocycles. The lowest BCUT2D eigenvalue weighted by atomic mass is 9.63. The van der Waals surface area contributed by atoms with E-state index < -0.39 is 11.4 Å². The van der Waals surface area contributed by atoms with E-state index in [4.69, 9.17) is 4.74 Å². The minimum atomic E-state index is -0.702. The smallest absolute Gasteiger partial charge is 0.314 e. The molecule has 1 aliphatic carbocycles. The van der Waals surface area contributed by atoms with Crippen molar-refractivity contribution >= 4 is 5.97 Å². The van der Waals surface area contributed by atoms with Gasteiger partial charge in [0.2, 0.25) is 0 Å². The summed E-state index contributed by atoms with van der Waals surface area (Å²) in [7, 11) is 1.62. The molecule has 0 spiro atoms. The number of benzene rings is 1. The molecule has 0 atom stereocenters. The first-order valence-corrected chi connectivity index (χ1v) is 5.49. The van der Waals surface area contributed by atoms with Crippen molar-refractivity contribution in [1.82, 2.24) is 0 Å². The van der Waals surface area contributed by atoms with Crippen LogP contribution in [0.4, 0.5) is 0 Å². The summed E-state index contributed by atoms with van der Waals surface area (Å²) in [6, 6.07) is 5.63. The Kier molecular flexibility index (Phi) is 2.62. The van der Waals surface area contributed by atoms with Crippen molar-refractivity contribution in [2.75, 3.05) is 7.11 Å². The average Bonchev–Trinajstić information content (AvgIpc) is 2.18. The molecule has 3 nitrogen and oxygen atoms in total. The number of hydrogen-bond acceptors (Lipinski definition) is 2. The van der Waals surface area contributed by atoms with E-state index in [2.05, 4.69) is 0 Å². The third-order valence-electron chi connectivity index (χ3n) is 3.57. The lowest BCUT2D eigenvalue weighted by Gasteiger charge is -2.39. The number of carboxylic acids is 1. The van der Waals surface area contributed by atoms with Gasteiger partial charge in [0.1, 0.15) is 5.75 Å². The molecule has 86 valence electrons. The van der Waals surface area contributed by atoms with E-state index in [1.807, 2.05) is 25.1 Å². The molecule has 1 aliphatic rings. The Morgan fingerprint density at radius 3 is 2.50 bits per heavy atom. The highest BCUT2D eigenvalue weighted by Crippen LogP contribution is 2.45. The number of aliphatic carboxylic acids is 1. The molecule has 1 saturated carbocycles. The second-order valence-corrected chi connectivity index (χ2v) is 4.42. The Morgan fingerprint density at radius 1 is 1.44 bits per heavy atom. The van der Waals surface area contributed by atoms with Crippen LogP contribution in [-0.2, 0) is 10.2 Å². The van der Waals surface area contributed by atoms with E-state index in [-0.39, 0.29) is 0 Å². The average molecular weight is 220 g/mol. The van der Waals surface area contributed by atoms with Crippen LogP contribution in [-0.4, -0.2) is 18.2 Å². The number of hydrogen-bond donors (Lipinski definition) is 1. The fourth-order valence-electron chi connectivity index (χ4n) is 2.43. The van der Waals surface area contributed by atoms with Crippen LogP contribution in [0.1, 0.15) is 30.4 Å². The first-order chi connectivity index (χ1) is 7.60. The van der Waals surface area contributed by atoms with Gasteiger partial charge in [0, 0.05) is 0 Å². The topological polar surface area (TPSA) is 46.5 Å². The van der Waals surface area contributed by atoms with Crippen LogP contribution in [0, 0.1) is 6.92 Å². The molecule has 2 rings (SSSR count). The van der Waals surface area contributed by atoms with Gasteiger partial charge in [-0.3, -0.25) is 4.79 Å². The largest absolute Gasteiger partial charge is 0.497 e. The van der Waals surface area contributed by atoms with Crippen LogP contribution >= 0.6 is 0 Å². The summed E-state index contributed by atoms with van der Waals surface area (Å²) in [5, 5.41) is 9.36. The van der Waals surface area contributed by atoms with Gasteiger partial charge in [-0.15, -0.1) is 0 Å². The van der Waals surface area contributed by atoms with Gasteiger partial charge in [-0.25, -0.2) is 0 Å². The minimum Gasteiger partial charge on any atom is -0.497 e. The number of methoxy groups -OCH3 is 1. The summed E-state index contributed by atoms with van der Waals surface area (Å²) in [6.45, 7) is 1.95. The van der Waals surface area contributed by atoms with Crippen LogP contribution in [0.5, 0.6) is 5.75 Å². The standard InChI is InChI=1S/C13H16O3/c1-9-8-10(16-2)4-5-11(9)13(12(14)15)6-3-7-13/h4-5,8H,3,6-7H2,1-2H3,(H,14,15). The molecule has 0 unspecified atom stereocenters. The van der Waals surface area contributed by atoms with E-state index >= 15 is 0 Å². The number of ether oxygens (including phenoxy) is 1. The molecule has 1 aromatic rings. The zero-order chi connectivity index (χ0) is 11.8. The Labute approximate surface area is 95.0 Å². The first kappa shape index (κ1) is 11.0. The second kappa shape index (κ2) is 3.81. The van der Waals surface area contributed by atoms with Crippen LogP contribution in [0.25, 0.3) is 0 Å². The fourth-order valence-corrected chi connectivity index (χ4v) is 2.43. The van der Waals surface area contributed by atoms with Crippen molar-refractivity contribution in [2.24, 2.45) is 0 Å². The number of rotatable bonds is 3. The highest BCUT2D eigenvalue weighted by atomic mass is 16.5. The maximum absolute atomic E-state index is 11.4. The molecule has 0 bridgehead atoms. The molecular formula is C13H16O3. The van der Waals surface area contributed by atoms with Crippen molar-refractivity contribution in [3.05, 3.63) is 29.3 Å². The van der Waals surface area contributed by atoms with E-state index in [1.54, 1.807) is 7.11 Å². The molecule has 0 saturated heterocycles. The Morgan fingerprint density at radius 2 is 2.12 bits per heavy atom. The number of carbonyl (C=O) groups is 1. The van der Waals surface area contributed by atoms with Crippen LogP contribution in [0.15, 0.2) is 18.2 Å². The van der Waals surface area contributed by atoms with Crippen LogP contribution in [0.3, 0.4) is 0 Å². The third-order valence-corrected chi connectivity index (χ3v) is 3.57. The van der Waals surface area contributed by atoms with Gasteiger partial charge in [0.15, 0.2) is 0 Å². The Bertz CT molecular complexity index is 419. The predicted molar refractivity (Wildman–Crippen MR) is 60.9 cm³/mol. The maximum atomic E-state index is 11.4. The molecule has 0 amide bonds. The number of carboxylic acid groups (broad SMARTS) is 1. The fraction of sp³-hybridized carbons (Fsp3) is 0.462. The lowest BCUT2D eigenvalue weighted by molar-refractivity contribution is -0.147. The van der Waals surface area contributed by atoms with Crippen molar-refractivity contribution in [2.45, 2.75) is 31.6 Å². The quantitative estimate of drug-likeness (QED) is 0.851. The highest BCUT2D eigenvalue weighted by molar-refractivity contribution is 5.83. The number of aryl methyl sites for hydroxylation is 1. The van der Waals surface area contributed by atoms with E-state index in [1.165, 1.54) is 0 Å². The monoisotopic (exact) mass is 220 g/mol. The van der Waals surface area contributed by atoms with Gasteiger partial charge in [0.25, 0.3) is 0 Å². The summed E-state index contributed by atoms with van der Waals surface area (Å²) in [5.41, 5.74) is 1.30. The maximum Gasteiger partial charge on any atom is 0.314 e. The van der Waals surface area contributed by atoms with Crippen molar-refractivity contribution in [3.8, 4) is 5.75 Å². The zero-order valence-corrected chi connectivity index (χ0v) is 9.62. The predicted octanol–water partition coefficient (Wildman–Crippen LogP) is 2.51. The molecule has 0 aliphatic heterocycles. The van der Waals surface area contributed by atoms with Gasteiger partial charge in [0.05, 0.1) is 12.5 Å². The van der Waals surface area contributed by atoms with Crippen LogP contribution < -0.4 is 4.74 Å².